The smallest absolute Gasteiger partial charge is 0.232 e. The summed E-state index contributed by atoms with van der Waals surface area (Å²) in [7, 11) is 1.85. The summed E-state index contributed by atoms with van der Waals surface area (Å²) >= 11 is 1.65. The van der Waals surface area contributed by atoms with Gasteiger partial charge in [0.2, 0.25) is 5.91 Å². The quantitative estimate of drug-likeness (QED) is 0.752. The lowest BCUT2D eigenvalue weighted by molar-refractivity contribution is -0.127. The Morgan fingerprint density at radius 2 is 2.06 bits per heavy atom. The molecule has 0 aliphatic carbocycles. The van der Waals surface area contributed by atoms with Crippen LogP contribution in [0.4, 0.5) is 0 Å². The number of amides is 1. The molecule has 0 aliphatic rings. The highest BCUT2D eigenvalue weighted by Crippen LogP contribution is 2.07. The number of thioether (sulfide) groups is 1. The standard InChI is InChI=1S/C13H20N2OS/c1-15(10-12-6-3-2-4-7-12)13(16)11-17-9-5-8-14/h2-4,6-7H,5,8-11,14H2,1H3. The molecule has 0 heterocycles. The molecule has 3 nitrogen and oxygen atoms in total. The lowest BCUT2D eigenvalue weighted by Crippen LogP contribution is -2.27. The third kappa shape index (κ3) is 5.75. The molecule has 0 saturated heterocycles. The molecule has 0 aromatic heterocycles. The van der Waals surface area contributed by atoms with Gasteiger partial charge in [0.1, 0.15) is 0 Å². The maximum absolute atomic E-state index is 11.8. The summed E-state index contributed by atoms with van der Waals surface area (Å²) in [6.45, 7) is 1.37. The maximum atomic E-state index is 11.8. The van der Waals surface area contributed by atoms with Gasteiger partial charge in [-0.15, -0.1) is 0 Å². The van der Waals surface area contributed by atoms with Crippen LogP contribution in [0.2, 0.25) is 0 Å². The number of rotatable bonds is 7. The average Bonchev–Trinajstić information content (AvgIpc) is 2.35. The van der Waals surface area contributed by atoms with Gasteiger partial charge in [-0.25, -0.2) is 0 Å². The molecule has 0 fully saturated rings. The second-order valence-corrected chi connectivity index (χ2v) is 5.04. The molecule has 94 valence electrons. The van der Waals surface area contributed by atoms with Crippen molar-refractivity contribution in [3.63, 3.8) is 0 Å². The van der Waals surface area contributed by atoms with Crippen molar-refractivity contribution in [2.45, 2.75) is 13.0 Å². The summed E-state index contributed by atoms with van der Waals surface area (Å²) < 4.78 is 0. The van der Waals surface area contributed by atoms with Crippen LogP contribution in [0.25, 0.3) is 0 Å². The van der Waals surface area contributed by atoms with Gasteiger partial charge in [-0.05, 0) is 24.3 Å². The first-order valence-corrected chi connectivity index (χ1v) is 6.95. The highest BCUT2D eigenvalue weighted by atomic mass is 32.2. The molecule has 0 spiro atoms. The van der Waals surface area contributed by atoms with Crippen LogP contribution in [-0.2, 0) is 11.3 Å². The third-order valence-electron chi connectivity index (χ3n) is 2.41. The first kappa shape index (κ1) is 14.1. The summed E-state index contributed by atoms with van der Waals surface area (Å²) in [4.78, 5) is 13.6. The molecular weight excluding hydrogens is 232 g/mol. The van der Waals surface area contributed by atoms with E-state index in [0.29, 0.717) is 18.8 Å². The van der Waals surface area contributed by atoms with Crippen LogP contribution < -0.4 is 5.73 Å². The topological polar surface area (TPSA) is 46.3 Å². The Labute approximate surface area is 107 Å². The van der Waals surface area contributed by atoms with Crippen molar-refractivity contribution in [1.29, 1.82) is 0 Å². The highest BCUT2D eigenvalue weighted by Gasteiger charge is 2.08. The van der Waals surface area contributed by atoms with E-state index in [9.17, 15) is 4.79 Å². The van der Waals surface area contributed by atoms with E-state index in [2.05, 4.69) is 0 Å². The van der Waals surface area contributed by atoms with Crippen molar-refractivity contribution < 1.29 is 4.79 Å². The van der Waals surface area contributed by atoms with Gasteiger partial charge in [0.15, 0.2) is 0 Å². The molecule has 0 atom stereocenters. The Bertz CT molecular complexity index is 329. The Hall–Kier alpha value is -1.00. The lowest BCUT2D eigenvalue weighted by atomic mass is 10.2. The van der Waals surface area contributed by atoms with Crippen molar-refractivity contribution in [1.82, 2.24) is 4.90 Å². The number of nitrogens with zero attached hydrogens (tertiary/aromatic N) is 1. The fraction of sp³-hybridized carbons (Fsp3) is 0.462. The minimum absolute atomic E-state index is 0.177. The van der Waals surface area contributed by atoms with Gasteiger partial charge in [0, 0.05) is 13.6 Å². The van der Waals surface area contributed by atoms with Crippen molar-refractivity contribution in [2.24, 2.45) is 5.73 Å². The van der Waals surface area contributed by atoms with Gasteiger partial charge in [0.05, 0.1) is 5.75 Å². The summed E-state index contributed by atoms with van der Waals surface area (Å²) in [5.74, 6) is 1.68. The number of hydrogen-bond donors (Lipinski definition) is 1. The van der Waals surface area contributed by atoms with Crippen LogP contribution in [0.3, 0.4) is 0 Å². The number of hydrogen-bond acceptors (Lipinski definition) is 3. The predicted octanol–water partition coefficient (Wildman–Crippen LogP) is 1.73. The molecule has 0 saturated carbocycles. The van der Waals surface area contributed by atoms with E-state index >= 15 is 0 Å². The van der Waals surface area contributed by atoms with E-state index in [0.717, 1.165) is 17.7 Å². The molecule has 1 aromatic carbocycles. The summed E-state index contributed by atoms with van der Waals surface area (Å²) in [5.41, 5.74) is 6.56. The molecule has 1 aromatic rings. The van der Waals surface area contributed by atoms with Gasteiger partial charge < -0.3 is 10.6 Å². The van der Waals surface area contributed by atoms with Crippen LogP contribution in [0.5, 0.6) is 0 Å². The SMILES string of the molecule is CN(Cc1ccccc1)C(=O)CSCCCN. The predicted molar refractivity (Wildman–Crippen MR) is 73.9 cm³/mol. The Kier molecular flexibility index (Phi) is 6.74. The van der Waals surface area contributed by atoms with Gasteiger partial charge in [-0.2, -0.15) is 11.8 Å². The van der Waals surface area contributed by atoms with E-state index in [1.165, 1.54) is 0 Å². The fourth-order valence-electron chi connectivity index (χ4n) is 1.40. The van der Waals surface area contributed by atoms with Crippen LogP contribution in [0.1, 0.15) is 12.0 Å². The molecule has 0 aliphatic heterocycles. The van der Waals surface area contributed by atoms with Crippen LogP contribution >= 0.6 is 11.8 Å². The first-order valence-electron chi connectivity index (χ1n) is 5.79. The van der Waals surface area contributed by atoms with Crippen molar-refractivity contribution >= 4 is 17.7 Å². The minimum atomic E-state index is 0.177. The third-order valence-corrected chi connectivity index (χ3v) is 3.44. The molecule has 0 unspecified atom stereocenters. The van der Waals surface area contributed by atoms with Crippen molar-refractivity contribution in [2.75, 3.05) is 25.1 Å². The van der Waals surface area contributed by atoms with Gasteiger partial charge >= 0.3 is 0 Å². The number of carbonyl (C=O) groups is 1. The normalized spacial score (nSPS) is 10.2. The fourth-order valence-corrected chi connectivity index (χ4v) is 2.31. The maximum Gasteiger partial charge on any atom is 0.232 e. The van der Waals surface area contributed by atoms with Crippen LogP contribution in [0.15, 0.2) is 30.3 Å². The first-order chi connectivity index (χ1) is 8.24. The number of carbonyl (C=O) groups excluding carboxylic acids is 1. The molecule has 2 N–H and O–H groups in total. The van der Waals surface area contributed by atoms with E-state index < -0.39 is 0 Å². The Balaban J connectivity index is 2.27. The monoisotopic (exact) mass is 252 g/mol. The number of benzene rings is 1. The molecule has 0 bridgehead atoms. The summed E-state index contributed by atoms with van der Waals surface area (Å²) in [5, 5.41) is 0. The zero-order valence-corrected chi connectivity index (χ0v) is 11.1. The molecule has 0 radical (unpaired) electrons. The van der Waals surface area contributed by atoms with Gasteiger partial charge in [0.25, 0.3) is 0 Å². The van der Waals surface area contributed by atoms with Crippen LogP contribution in [-0.4, -0.2) is 35.9 Å². The second-order valence-electron chi connectivity index (χ2n) is 3.93. The van der Waals surface area contributed by atoms with Crippen molar-refractivity contribution in [3.05, 3.63) is 35.9 Å². The van der Waals surface area contributed by atoms with E-state index in [4.69, 9.17) is 5.73 Å². The van der Waals surface area contributed by atoms with Gasteiger partial charge in [-0.1, -0.05) is 30.3 Å². The van der Waals surface area contributed by atoms with E-state index in [1.54, 1.807) is 16.7 Å². The lowest BCUT2D eigenvalue weighted by Gasteiger charge is -2.17. The summed E-state index contributed by atoms with van der Waals surface area (Å²) in [6, 6.07) is 10.0. The van der Waals surface area contributed by atoms with E-state index in [-0.39, 0.29) is 5.91 Å². The zero-order chi connectivity index (χ0) is 12.5. The Morgan fingerprint density at radius 1 is 1.35 bits per heavy atom. The molecule has 1 amide bonds. The molecule has 4 heteroatoms. The average molecular weight is 252 g/mol. The van der Waals surface area contributed by atoms with Gasteiger partial charge in [-0.3, -0.25) is 4.79 Å². The van der Waals surface area contributed by atoms with Crippen LogP contribution in [0, 0.1) is 0 Å². The molecular formula is C13H20N2OS. The summed E-state index contributed by atoms with van der Waals surface area (Å²) in [6.07, 6.45) is 0.973. The largest absolute Gasteiger partial charge is 0.341 e. The molecule has 1 rings (SSSR count). The second kappa shape index (κ2) is 8.14. The number of nitrogens with two attached hydrogens (primary N) is 1. The Morgan fingerprint density at radius 3 is 2.71 bits per heavy atom. The minimum Gasteiger partial charge on any atom is -0.341 e. The zero-order valence-electron chi connectivity index (χ0n) is 10.3. The highest BCUT2D eigenvalue weighted by molar-refractivity contribution is 7.99. The molecule has 17 heavy (non-hydrogen) atoms. The van der Waals surface area contributed by atoms with E-state index in [1.807, 2.05) is 37.4 Å². The van der Waals surface area contributed by atoms with Crippen molar-refractivity contribution in [3.8, 4) is 0 Å².